The summed E-state index contributed by atoms with van der Waals surface area (Å²) >= 11 is 10.0. The van der Waals surface area contributed by atoms with Gasteiger partial charge in [-0.2, -0.15) is 0 Å². The largest absolute Gasteiger partial charge is 0.321 e. The van der Waals surface area contributed by atoms with Crippen molar-refractivity contribution >= 4 is 59.4 Å². The summed E-state index contributed by atoms with van der Waals surface area (Å²) in [5.74, 6) is -0.177. The number of benzene rings is 1. The molecule has 0 bridgehead atoms. The highest BCUT2D eigenvalue weighted by Crippen LogP contribution is 2.23. The summed E-state index contributed by atoms with van der Waals surface area (Å²) in [6.45, 7) is 0. The van der Waals surface area contributed by atoms with Crippen LogP contribution in [0.4, 0.5) is 5.69 Å². The maximum Gasteiger partial charge on any atom is 0.255 e. The van der Waals surface area contributed by atoms with Crippen LogP contribution in [0.3, 0.4) is 0 Å². The van der Waals surface area contributed by atoms with Gasteiger partial charge < -0.3 is 5.32 Å². The summed E-state index contributed by atoms with van der Waals surface area (Å²) < 4.78 is 2.43. The third kappa shape index (κ3) is 3.40. The fourth-order valence-electron chi connectivity index (χ4n) is 1.36. The highest BCUT2D eigenvalue weighted by molar-refractivity contribution is 9.11. The number of amides is 1. The zero-order valence-corrected chi connectivity index (χ0v) is 13.7. The van der Waals surface area contributed by atoms with Crippen molar-refractivity contribution in [2.45, 2.75) is 0 Å². The van der Waals surface area contributed by atoms with Crippen molar-refractivity contribution in [3.63, 3.8) is 0 Å². The maximum atomic E-state index is 12.1. The second-order valence-corrected chi connectivity index (χ2v) is 6.15. The fourth-order valence-corrected chi connectivity index (χ4v) is 3.00. The molecule has 1 N–H and O–H groups in total. The smallest absolute Gasteiger partial charge is 0.255 e. The summed E-state index contributed by atoms with van der Waals surface area (Å²) in [6.07, 6.45) is 3.25. The van der Waals surface area contributed by atoms with Gasteiger partial charge in [-0.3, -0.25) is 9.78 Å². The minimum absolute atomic E-state index is 0.177. The van der Waals surface area contributed by atoms with Gasteiger partial charge in [0.15, 0.2) is 0 Å². The Hall–Kier alpha value is -0.720. The van der Waals surface area contributed by atoms with Gasteiger partial charge >= 0.3 is 0 Å². The molecule has 0 aliphatic rings. The van der Waals surface area contributed by atoms with E-state index in [4.69, 9.17) is 0 Å². The molecule has 0 spiro atoms. The van der Waals surface area contributed by atoms with Gasteiger partial charge in [0.2, 0.25) is 0 Å². The maximum absolute atomic E-state index is 12.1. The Labute approximate surface area is 129 Å². The quantitative estimate of drug-likeness (QED) is 0.749. The molecule has 0 saturated heterocycles. The Balaban J connectivity index is 2.25. The van der Waals surface area contributed by atoms with E-state index in [1.165, 1.54) is 0 Å². The number of nitrogens with zero attached hydrogens (tertiary/aromatic N) is 1. The molecule has 2 rings (SSSR count). The molecule has 0 saturated carbocycles. The minimum Gasteiger partial charge on any atom is -0.321 e. The Morgan fingerprint density at radius 1 is 1.11 bits per heavy atom. The number of carbonyl (C=O) groups excluding carboxylic acids is 1. The van der Waals surface area contributed by atoms with E-state index < -0.39 is 0 Å². The Morgan fingerprint density at radius 2 is 1.78 bits per heavy atom. The average molecular weight is 435 g/mol. The predicted molar refractivity (Wildman–Crippen MR) is 81.7 cm³/mol. The van der Waals surface area contributed by atoms with Gasteiger partial charge in [-0.1, -0.05) is 31.9 Å². The van der Waals surface area contributed by atoms with Crippen LogP contribution in [0.25, 0.3) is 0 Å². The molecular formula is C12H7Br3N2O. The summed E-state index contributed by atoms with van der Waals surface area (Å²) in [7, 11) is 0. The van der Waals surface area contributed by atoms with E-state index in [1.807, 2.05) is 6.07 Å². The molecule has 1 aromatic carbocycles. The number of halogens is 3. The van der Waals surface area contributed by atoms with E-state index in [0.29, 0.717) is 11.3 Å². The lowest BCUT2D eigenvalue weighted by Gasteiger charge is -2.07. The van der Waals surface area contributed by atoms with Crippen molar-refractivity contribution in [3.05, 3.63) is 55.6 Å². The monoisotopic (exact) mass is 432 g/mol. The van der Waals surface area contributed by atoms with Crippen LogP contribution in [0.1, 0.15) is 10.4 Å². The fraction of sp³-hybridized carbons (Fsp3) is 0. The normalized spacial score (nSPS) is 10.2. The molecule has 3 nitrogen and oxygen atoms in total. The molecule has 0 atom stereocenters. The Kier molecular flexibility index (Phi) is 4.53. The topological polar surface area (TPSA) is 42.0 Å². The molecule has 18 heavy (non-hydrogen) atoms. The molecule has 1 heterocycles. The molecule has 0 aliphatic carbocycles. The molecule has 6 heteroatoms. The molecular weight excluding hydrogens is 428 g/mol. The van der Waals surface area contributed by atoms with E-state index >= 15 is 0 Å². The predicted octanol–water partition coefficient (Wildman–Crippen LogP) is 4.62. The van der Waals surface area contributed by atoms with Gasteiger partial charge in [-0.05, 0) is 40.2 Å². The van der Waals surface area contributed by atoms with Crippen LogP contribution in [-0.4, -0.2) is 10.9 Å². The van der Waals surface area contributed by atoms with E-state index in [9.17, 15) is 4.79 Å². The SMILES string of the molecule is O=C(Nc1ccncc1Br)c1cc(Br)cc(Br)c1. The van der Waals surface area contributed by atoms with Crippen molar-refractivity contribution in [3.8, 4) is 0 Å². The number of hydrogen-bond donors (Lipinski definition) is 1. The number of carbonyl (C=O) groups is 1. The van der Waals surface area contributed by atoms with Crippen molar-refractivity contribution in [2.75, 3.05) is 5.32 Å². The first-order valence-electron chi connectivity index (χ1n) is 4.93. The highest BCUT2D eigenvalue weighted by atomic mass is 79.9. The summed E-state index contributed by atoms with van der Waals surface area (Å²) in [5.41, 5.74) is 1.26. The van der Waals surface area contributed by atoms with Crippen LogP contribution in [0.15, 0.2) is 50.1 Å². The number of anilines is 1. The van der Waals surface area contributed by atoms with E-state index in [0.717, 1.165) is 13.4 Å². The highest BCUT2D eigenvalue weighted by Gasteiger charge is 2.09. The first-order valence-corrected chi connectivity index (χ1v) is 7.31. The average Bonchev–Trinajstić information content (AvgIpc) is 2.31. The summed E-state index contributed by atoms with van der Waals surface area (Å²) in [6, 6.07) is 7.12. The van der Waals surface area contributed by atoms with Crippen molar-refractivity contribution in [1.29, 1.82) is 0 Å². The standard InChI is InChI=1S/C12H7Br3N2O/c13-8-3-7(4-9(14)5-8)12(18)17-11-1-2-16-6-10(11)15/h1-6H,(H,16,17,18). The second-order valence-electron chi connectivity index (χ2n) is 3.47. The third-order valence-corrected chi connectivity index (χ3v) is 3.69. The van der Waals surface area contributed by atoms with Crippen LogP contribution in [0.2, 0.25) is 0 Å². The molecule has 2 aromatic rings. The van der Waals surface area contributed by atoms with Crippen molar-refractivity contribution in [1.82, 2.24) is 4.98 Å². The van der Waals surface area contributed by atoms with E-state index in [2.05, 4.69) is 58.1 Å². The lowest BCUT2D eigenvalue weighted by Crippen LogP contribution is -2.12. The van der Waals surface area contributed by atoms with E-state index in [-0.39, 0.29) is 5.91 Å². The van der Waals surface area contributed by atoms with E-state index in [1.54, 1.807) is 30.6 Å². The second kappa shape index (κ2) is 5.95. The Morgan fingerprint density at radius 3 is 2.39 bits per heavy atom. The zero-order valence-electron chi connectivity index (χ0n) is 8.95. The number of rotatable bonds is 2. The van der Waals surface area contributed by atoms with Gasteiger partial charge in [0.05, 0.1) is 10.2 Å². The molecule has 0 unspecified atom stereocenters. The van der Waals surface area contributed by atoms with Crippen LogP contribution >= 0.6 is 47.8 Å². The lowest BCUT2D eigenvalue weighted by atomic mass is 10.2. The van der Waals surface area contributed by atoms with Crippen LogP contribution in [-0.2, 0) is 0 Å². The molecule has 0 fully saturated rings. The molecule has 0 radical (unpaired) electrons. The number of nitrogens with one attached hydrogen (secondary N) is 1. The first kappa shape index (κ1) is 13.7. The number of pyridine rings is 1. The number of hydrogen-bond acceptors (Lipinski definition) is 2. The first-order chi connectivity index (χ1) is 8.56. The van der Waals surface area contributed by atoms with Crippen LogP contribution in [0.5, 0.6) is 0 Å². The minimum atomic E-state index is -0.177. The van der Waals surface area contributed by atoms with Crippen molar-refractivity contribution in [2.24, 2.45) is 0 Å². The molecule has 1 aromatic heterocycles. The molecule has 1 amide bonds. The number of aromatic nitrogens is 1. The zero-order chi connectivity index (χ0) is 13.1. The third-order valence-electron chi connectivity index (χ3n) is 2.15. The van der Waals surface area contributed by atoms with Crippen molar-refractivity contribution < 1.29 is 4.79 Å². The summed E-state index contributed by atoms with van der Waals surface area (Å²) in [4.78, 5) is 16.0. The van der Waals surface area contributed by atoms with Gasteiger partial charge in [0.25, 0.3) is 5.91 Å². The van der Waals surface area contributed by atoms with Gasteiger partial charge in [0.1, 0.15) is 0 Å². The van der Waals surface area contributed by atoms with Gasteiger partial charge in [-0.25, -0.2) is 0 Å². The Bertz CT molecular complexity index is 581. The van der Waals surface area contributed by atoms with Crippen LogP contribution in [0, 0.1) is 0 Å². The van der Waals surface area contributed by atoms with Crippen LogP contribution < -0.4 is 5.32 Å². The van der Waals surface area contributed by atoms with Gasteiger partial charge in [-0.15, -0.1) is 0 Å². The molecule has 92 valence electrons. The summed E-state index contributed by atoms with van der Waals surface area (Å²) in [5, 5.41) is 2.81. The molecule has 0 aliphatic heterocycles. The lowest BCUT2D eigenvalue weighted by molar-refractivity contribution is 0.102. The van der Waals surface area contributed by atoms with Gasteiger partial charge in [0, 0.05) is 26.9 Å².